The summed E-state index contributed by atoms with van der Waals surface area (Å²) in [5, 5.41) is 13.9. The second kappa shape index (κ2) is 6.92. The van der Waals surface area contributed by atoms with Gasteiger partial charge in [0.25, 0.3) is 11.6 Å². The molecule has 2 aromatic heterocycles. The minimum absolute atomic E-state index is 0.0291. The Morgan fingerprint density at radius 1 is 1.40 bits per heavy atom. The molecule has 8 nitrogen and oxygen atoms in total. The summed E-state index contributed by atoms with van der Waals surface area (Å²) >= 11 is 0. The first-order valence-corrected chi connectivity index (χ1v) is 8.16. The van der Waals surface area contributed by atoms with Gasteiger partial charge in [-0.2, -0.15) is 0 Å². The van der Waals surface area contributed by atoms with Gasteiger partial charge in [-0.1, -0.05) is 0 Å². The van der Waals surface area contributed by atoms with Gasteiger partial charge in [-0.15, -0.1) is 0 Å². The highest BCUT2D eigenvalue weighted by Gasteiger charge is 2.24. The number of nitrogens with zero attached hydrogens (tertiary/aromatic N) is 3. The van der Waals surface area contributed by atoms with Crippen LogP contribution in [0.1, 0.15) is 34.5 Å². The summed E-state index contributed by atoms with van der Waals surface area (Å²) in [7, 11) is 0. The molecule has 1 fully saturated rings. The smallest absolute Gasteiger partial charge is 0.290 e. The van der Waals surface area contributed by atoms with Crippen molar-refractivity contribution in [3.63, 3.8) is 0 Å². The largest absolute Gasteiger partial charge is 0.469 e. The summed E-state index contributed by atoms with van der Waals surface area (Å²) in [6.45, 7) is 4.95. The van der Waals surface area contributed by atoms with Crippen molar-refractivity contribution in [2.45, 2.75) is 32.7 Å². The number of piperidine rings is 1. The van der Waals surface area contributed by atoms with Crippen molar-refractivity contribution in [3.05, 3.63) is 51.6 Å². The predicted octanol–water partition coefficient (Wildman–Crippen LogP) is 2.60. The van der Waals surface area contributed by atoms with Crippen LogP contribution in [-0.2, 0) is 0 Å². The number of aromatic nitrogens is 1. The topological polar surface area (TPSA) is 102 Å². The molecular formula is C17H20N4O4. The van der Waals surface area contributed by atoms with Gasteiger partial charge in [0.05, 0.1) is 16.7 Å². The number of pyridine rings is 1. The van der Waals surface area contributed by atoms with Crippen LogP contribution in [-0.4, -0.2) is 34.9 Å². The van der Waals surface area contributed by atoms with Gasteiger partial charge >= 0.3 is 0 Å². The molecule has 8 heteroatoms. The maximum Gasteiger partial charge on any atom is 0.290 e. The minimum Gasteiger partial charge on any atom is -0.469 e. The number of hydrogen-bond donors (Lipinski definition) is 1. The van der Waals surface area contributed by atoms with E-state index in [1.54, 1.807) is 26.0 Å². The van der Waals surface area contributed by atoms with Gasteiger partial charge < -0.3 is 14.6 Å². The number of rotatable bonds is 4. The third-order valence-corrected chi connectivity index (χ3v) is 4.52. The monoisotopic (exact) mass is 344 g/mol. The van der Waals surface area contributed by atoms with Crippen LogP contribution in [0.15, 0.2) is 29.0 Å². The highest BCUT2D eigenvalue weighted by Crippen LogP contribution is 2.24. The van der Waals surface area contributed by atoms with Gasteiger partial charge in [-0.05, 0) is 38.8 Å². The Morgan fingerprint density at radius 3 is 2.68 bits per heavy atom. The third-order valence-electron chi connectivity index (χ3n) is 4.52. The Bertz CT molecular complexity index is 794. The number of carbonyl (C=O) groups excluding carboxylic acids is 1. The average molecular weight is 344 g/mol. The number of anilines is 1. The number of hydrogen-bond acceptors (Lipinski definition) is 6. The number of amides is 1. The zero-order valence-electron chi connectivity index (χ0n) is 14.2. The number of nitro groups is 1. The van der Waals surface area contributed by atoms with Crippen molar-refractivity contribution in [1.29, 1.82) is 0 Å². The first-order chi connectivity index (χ1) is 12.0. The summed E-state index contributed by atoms with van der Waals surface area (Å²) in [4.78, 5) is 29.0. The van der Waals surface area contributed by atoms with Crippen LogP contribution in [0, 0.1) is 24.0 Å². The third kappa shape index (κ3) is 3.62. The van der Waals surface area contributed by atoms with Crippen molar-refractivity contribution in [1.82, 2.24) is 10.3 Å². The van der Waals surface area contributed by atoms with Crippen molar-refractivity contribution < 1.29 is 14.1 Å². The van der Waals surface area contributed by atoms with E-state index in [-0.39, 0.29) is 17.6 Å². The molecule has 1 saturated heterocycles. The van der Waals surface area contributed by atoms with Crippen molar-refractivity contribution >= 4 is 17.4 Å². The second-order valence-electron chi connectivity index (χ2n) is 6.21. The van der Waals surface area contributed by atoms with Crippen LogP contribution in [0.5, 0.6) is 0 Å². The van der Waals surface area contributed by atoms with Crippen LogP contribution >= 0.6 is 0 Å². The fourth-order valence-electron chi connectivity index (χ4n) is 3.03. The van der Waals surface area contributed by atoms with Crippen LogP contribution < -0.4 is 10.2 Å². The SMILES string of the molecule is Cc1cc(N2CCC(NC(=O)c3ccoc3C)CC2)ncc1[N+](=O)[O-]. The van der Waals surface area contributed by atoms with Crippen molar-refractivity contribution in [3.8, 4) is 0 Å². The normalized spacial score (nSPS) is 15.2. The summed E-state index contributed by atoms with van der Waals surface area (Å²) in [5.41, 5.74) is 1.19. The molecule has 1 aliphatic heterocycles. The minimum atomic E-state index is -0.425. The van der Waals surface area contributed by atoms with E-state index in [0.29, 0.717) is 16.9 Å². The van der Waals surface area contributed by atoms with Crippen LogP contribution in [0.25, 0.3) is 0 Å². The Morgan fingerprint density at radius 2 is 2.12 bits per heavy atom. The summed E-state index contributed by atoms with van der Waals surface area (Å²) < 4.78 is 5.16. The van der Waals surface area contributed by atoms with E-state index in [1.807, 2.05) is 0 Å². The Hall–Kier alpha value is -2.90. The second-order valence-corrected chi connectivity index (χ2v) is 6.21. The molecule has 0 bridgehead atoms. The fraction of sp³-hybridized carbons (Fsp3) is 0.412. The molecule has 1 aliphatic rings. The zero-order valence-corrected chi connectivity index (χ0v) is 14.2. The summed E-state index contributed by atoms with van der Waals surface area (Å²) in [6.07, 6.45) is 4.40. The van der Waals surface area contributed by atoms with Gasteiger partial charge in [-0.25, -0.2) is 4.98 Å². The Labute approximate surface area is 145 Å². The molecule has 3 heterocycles. The van der Waals surface area contributed by atoms with Crippen molar-refractivity contribution in [2.75, 3.05) is 18.0 Å². The molecule has 0 radical (unpaired) electrons. The lowest BCUT2D eigenvalue weighted by Crippen LogP contribution is -2.45. The van der Waals surface area contributed by atoms with E-state index in [1.165, 1.54) is 12.5 Å². The van der Waals surface area contributed by atoms with Gasteiger partial charge in [0.15, 0.2) is 0 Å². The molecule has 1 amide bonds. The van der Waals surface area contributed by atoms with E-state index < -0.39 is 4.92 Å². The first-order valence-electron chi connectivity index (χ1n) is 8.16. The molecule has 2 aromatic rings. The number of nitrogens with one attached hydrogen (secondary N) is 1. The molecule has 0 aliphatic carbocycles. The van der Waals surface area contributed by atoms with E-state index in [0.717, 1.165) is 31.7 Å². The maximum absolute atomic E-state index is 12.2. The molecule has 0 saturated carbocycles. The van der Waals surface area contributed by atoms with Gasteiger partial charge in [-0.3, -0.25) is 14.9 Å². The maximum atomic E-state index is 12.2. The van der Waals surface area contributed by atoms with E-state index in [9.17, 15) is 14.9 Å². The van der Waals surface area contributed by atoms with Crippen LogP contribution in [0.4, 0.5) is 11.5 Å². The van der Waals surface area contributed by atoms with Crippen LogP contribution in [0.2, 0.25) is 0 Å². The molecule has 0 aromatic carbocycles. The lowest BCUT2D eigenvalue weighted by Gasteiger charge is -2.33. The van der Waals surface area contributed by atoms with Gasteiger partial charge in [0.1, 0.15) is 17.8 Å². The lowest BCUT2D eigenvalue weighted by atomic mass is 10.0. The summed E-state index contributed by atoms with van der Waals surface area (Å²) in [6, 6.07) is 3.51. The van der Waals surface area contributed by atoms with E-state index in [4.69, 9.17) is 4.42 Å². The summed E-state index contributed by atoms with van der Waals surface area (Å²) in [5.74, 6) is 1.23. The number of aryl methyl sites for hydroxylation is 2. The number of carbonyl (C=O) groups is 1. The van der Waals surface area contributed by atoms with Gasteiger partial charge in [0.2, 0.25) is 0 Å². The molecule has 3 rings (SSSR count). The van der Waals surface area contributed by atoms with Gasteiger partial charge in [0, 0.05) is 24.7 Å². The molecule has 0 unspecified atom stereocenters. The fourth-order valence-corrected chi connectivity index (χ4v) is 3.03. The van der Waals surface area contributed by atoms with E-state index >= 15 is 0 Å². The standard InChI is InChI=1S/C17H20N4O4/c1-11-9-16(18-10-15(11)21(23)24)20-6-3-13(4-7-20)19-17(22)14-5-8-25-12(14)2/h5,8-10,13H,3-4,6-7H2,1-2H3,(H,19,22). The molecule has 1 N–H and O–H groups in total. The lowest BCUT2D eigenvalue weighted by molar-refractivity contribution is -0.385. The highest BCUT2D eigenvalue weighted by molar-refractivity contribution is 5.95. The average Bonchev–Trinajstić information content (AvgIpc) is 3.01. The molecule has 0 atom stereocenters. The Kier molecular flexibility index (Phi) is 4.69. The molecule has 25 heavy (non-hydrogen) atoms. The number of furan rings is 1. The molecular weight excluding hydrogens is 324 g/mol. The van der Waals surface area contributed by atoms with Crippen LogP contribution in [0.3, 0.4) is 0 Å². The van der Waals surface area contributed by atoms with Crippen molar-refractivity contribution in [2.24, 2.45) is 0 Å². The predicted molar refractivity (Wildman–Crippen MR) is 91.8 cm³/mol. The quantitative estimate of drug-likeness (QED) is 0.676. The molecule has 0 spiro atoms. The molecule has 132 valence electrons. The highest BCUT2D eigenvalue weighted by atomic mass is 16.6. The zero-order chi connectivity index (χ0) is 18.0. The Balaban J connectivity index is 1.59. The van der Waals surface area contributed by atoms with E-state index in [2.05, 4.69) is 15.2 Å². The first kappa shape index (κ1) is 16.9.